The molecule has 2 aromatic carbocycles. The molecule has 0 atom stereocenters. The van der Waals surface area contributed by atoms with Crippen LogP contribution in [-0.2, 0) is 20.3 Å². The average Bonchev–Trinajstić information content (AvgIpc) is 2.91. The van der Waals surface area contributed by atoms with Crippen LogP contribution in [0.1, 0.15) is 5.56 Å². The van der Waals surface area contributed by atoms with Crippen LogP contribution in [0.15, 0.2) is 54.6 Å². The van der Waals surface area contributed by atoms with Crippen molar-refractivity contribution in [1.82, 2.24) is 19.2 Å². The molecule has 1 heterocycles. The van der Waals surface area contributed by atoms with Crippen LogP contribution in [0.5, 0.6) is 5.75 Å². The lowest BCUT2D eigenvalue weighted by molar-refractivity contribution is 0.244. The number of rotatable bonds is 6. The van der Waals surface area contributed by atoms with Gasteiger partial charge >= 0.3 is 0 Å². The predicted molar refractivity (Wildman–Crippen MR) is 102 cm³/mol. The molecule has 1 aromatic heterocycles. The Kier molecular flexibility index (Phi) is 5.31. The molecule has 6 heteroatoms. The summed E-state index contributed by atoms with van der Waals surface area (Å²) >= 11 is 5.56. The monoisotopic (exact) mass is 354 g/mol. The molecule has 0 aliphatic carbocycles. The molecule has 0 bridgehead atoms. The van der Waals surface area contributed by atoms with Gasteiger partial charge in [0.05, 0.1) is 13.8 Å². The van der Waals surface area contributed by atoms with Gasteiger partial charge in [-0.05, 0) is 49.1 Å². The number of aromatic nitrogens is 3. The zero-order chi connectivity index (χ0) is 17.8. The van der Waals surface area contributed by atoms with Crippen molar-refractivity contribution in [2.75, 3.05) is 14.2 Å². The van der Waals surface area contributed by atoms with Gasteiger partial charge in [0.1, 0.15) is 5.75 Å². The second kappa shape index (κ2) is 7.63. The number of hydrogen-bond acceptors (Lipinski definition) is 4. The highest BCUT2D eigenvalue weighted by Crippen LogP contribution is 2.21. The van der Waals surface area contributed by atoms with E-state index in [1.807, 2.05) is 46.6 Å². The Morgan fingerprint density at radius 1 is 1.08 bits per heavy atom. The van der Waals surface area contributed by atoms with E-state index in [1.165, 1.54) is 5.56 Å². The molecule has 0 N–H and O–H groups in total. The second-order valence-corrected chi connectivity index (χ2v) is 6.40. The maximum atomic E-state index is 5.56. The lowest BCUT2D eigenvalue weighted by Crippen LogP contribution is -2.22. The number of ether oxygens (including phenoxy) is 1. The smallest absolute Gasteiger partial charge is 0.199 e. The van der Waals surface area contributed by atoms with Crippen LogP contribution >= 0.6 is 12.2 Å². The minimum Gasteiger partial charge on any atom is -0.497 e. The molecule has 0 spiro atoms. The van der Waals surface area contributed by atoms with E-state index in [1.54, 1.807) is 7.11 Å². The molecule has 0 aliphatic heterocycles. The van der Waals surface area contributed by atoms with Crippen molar-refractivity contribution in [1.29, 1.82) is 0 Å². The number of benzene rings is 2. The zero-order valence-electron chi connectivity index (χ0n) is 14.7. The van der Waals surface area contributed by atoms with Crippen molar-refractivity contribution in [3.8, 4) is 17.1 Å². The maximum absolute atomic E-state index is 5.56. The number of nitrogens with zero attached hydrogens (tertiary/aromatic N) is 4. The summed E-state index contributed by atoms with van der Waals surface area (Å²) in [6.07, 6.45) is 0. The van der Waals surface area contributed by atoms with E-state index in [4.69, 9.17) is 22.1 Å². The van der Waals surface area contributed by atoms with Crippen molar-refractivity contribution in [3.05, 3.63) is 64.9 Å². The summed E-state index contributed by atoms with van der Waals surface area (Å²) in [6, 6.07) is 18.2. The highest BCUT2D eigenvalue weighted by Gasteiger charge is 2.11. The van der Waals surface area contributed by atoms with E-state index in [0.29, 0.717) is 11.4 Å². The Balaban J connectivity index is 1.79. The van der Waals surface area contributed by atoms with Crippen LogP contribution in [0.2, 0.25) is 0 Å². The zero-order valence-corrected chi connectivity index (χ0v) is 15.5. The van der Waals surface area contributed by atoms with Crippen LogP contribution in [0.3, 0.4) is 0 Å². The predicted octanol–water partition coefficient (Wildman–Crippen LogP) is 3.72. The first-order valence-electron chi connectivity index (χ1n) is 8.09. The highest BCUT2D eigenvalue weighted by atomic mass is 32.1. The SMILES string of the molecule is COc1ccc(-c2nn(CN(C)Cc3ccccc3)c(=S)n2C)cc1. The van der Waals surface area contributed by atoms with Gasteiger partial charge in [-0.1, -0.05) is 30.3 Å². The highest BCUT2D eigenvalue weighted by molar-refractivity contribution is 7.71. The topological polar surface area (TPSA) is 35.2 Å². The Hall–Kier alpha value is -2.44. The van der Waals surface area contributed by atoms with Crippen LogP contribution in [-0.4, -0.2) is 33.4 Å². The molecule has 0 fully saturated rings. The third-order valence-electron chi connectivity index (χ3n) is 4.06. The van der Waals surface area contributed by atoms with Crippen molar-refractivity contribution >= 4 is 12.2 Å². The van der Waals surface area contributed by atoms with Crippen molar-refractivity contribution in [2.45, 2.75) is 13.2 Å². The summed E-state index contributed by atoms with van der Waals surface area (Å²) < 4.78 is 9.71. The molecule has 0 unspecified atom stereocenters. The molecular formula is C19H22N4OS. The van der Waals surface area contributed by atoms with Gasteiger partial charge in [0, 0.05) is 19.2 Å². The summed E-state index contributed by atoms with van der Waals surface area (Å²) in [5.74, 6) is 1.67. The standard InChI is InChI=1S/C19H22N4OS/c1-21(13-15-7-5-4-6-8-15)14-23-19(25)22(2)18(20-23)16-9-11-17(24-3)12-10-16/h4-12H,13-14H2,1-3H3. The fourth-order valence-electron chi connectivity index (χ4n) is 2.75. The van der Waals surface area contributed by atoms with Crippen molar-refractivity contribution in [2.24, 2.45) is 7.05 Å². The Morgan fingerprint density at radius 3 is 2.40 bits per heavy atom. The first-order chi connectivity index (χ1) is 12.1. The van der Waals surface area contributed by atoms with Gasteiger partial charge in [0.15, 0.2) is 10.6 Å². The molecule has 0 aliphatic rings. The van der Waals surface area contributed by atoms with Crippen LogP contribution in [0.25, 0.3) is 11.4 Å². The lowest BCUT2D eigenvalue weighted by Gasteiger charge is -2.16. The first-order valence-corrected chi connectivity index (χ1v) is 8.50. The van der Waals surface area contributed by atoms with Crippen molar-refractivity contribution < 1.29 is 4.74 Å². The van der Waals surface area contributed by atoms with E-state index < -0.39 is 0 Å². The molecule has 25 heavy (non-hydrogen) atoms. The van der Waals surface area contributed by atoms with E-state index in [2.05, 4.69) is 36.2 Å². The molecule has 0 radical (unpaired) electrons. The minimum absolute atomic E-state index is 0.637. The van der Waals surface area contributed by atoms with Crippen LogP contribution < -0.4 is 4.74 Å². The van der Waals surface area contributed by atoms with E-state index in [0.717, 1.165) is 23.7 Å². The Labute approximate surface area is 153 Å². The summed E-state index contributed by atoms with van der Waals surface area (Å²) in [6.45, 7) is 1.48. The fraction of sp³-hybridized carbons (Fsp3) is 0.263. The van der Waals surface area contributed by atoms with Crippen molar-refractivity contribution in [3.63, 3.8) is 0 Å². The molecule has 0 saturated heterocycles. The first kappa shape index (κ1) is 17.4. The Bertz CT molecular complexity index is 884. The lowest BCUT2D eigenvalue weighted by atomic mass is 10.2. The number of hydrogen-bond donors (Lipinski definition) is 0. The third kappa shape index (κ3) is 3.97. The van der Waals surface area contributed by atoms with Gasteiger partial charge in [-0.25, -0.2) is 4.68 Å². The molecule has 3 rings (SSSR count). The van der Waals surface area contributed by atoms with Gasteiger partial charge in [0.25, 0.3) is 0 Å². The molecule has 130 valence electrons. The minimum atomic E-state index is 0.637. The Morgan fingerprint density at radius 2 is 1.76 bits per heavy atom. The third-order valence-corrected chi connectivity index (χ3v) is 4.54. The number of methoxy groups -OCH3 is 1. The van der Waals surface area contributed by atoms with Gasteiger partial charge in [0.2, 0.25) is 0 Å². The van der Waals surface area contributed by atoms with Crippen LogP contribution in [0, 0.1) is 4.77 Å². The van der Waals surface area contributed by atoms with Crippen LogP contribution in [0.4, 0.5) is 0 Å². The summed E-state index contributed by atoms with van der Waals surface area (Å²) in [7, 11) is 5.67. The van der Waals surface area contributed by atoms with E-state index >= 15 is 0 Å². The molecule has 5 nitrogen and oxygen atoms in total. The molecule has 3 aromatic rings. The van der Waals surface area contributed by atoms with Gasteiger partial charge in [-0.2, -0.15) is 5.10 Å². The summed E-state index contributed by atoms with van der Waals surface area (Å²) in [5.41, 5.74) is 2.28. The van der Waals surface area contributed by atoms with E-state index in [-0.39, 0.29) is 0 Å². The maximum Gasteiger partial charge on any atom is 0.199 e. The molecular weight excluding hydrogens is 332 g/mol. The van der Waals surface area contributed by atoms with Gasteiger partial charge in [-0.3, -0.25) is 4.90 Å². The largest absolute Gasteiger partial charge is 0.497 e. The average molecular weight is 354 g/mol. The molecule has 0 amide bonds. The summed E-state index contributed by atoms with van der Waals surface area (Å²) in [5, 5.41) is 4.71. The second-order valence-electron chi connectivity index (χ2n) is 6.03. The quantitative estimate of drug-likeness (QED) is 0.632. The molecule has 0 saturated carbocycles. The normalized spacial score (nSPS) is 11.0. The van der Waals surface area contributed by atoms with Gasteiger partial charge in [-0.15, -0.1) is 0 Å². The fourth-order valence-corrected chi connectivity index (χ4v) is 2.93. The summed E-state index contributed by atoms with van der Waals surface area (Å²) in [4.78, 5) is 2.19. The van der Waals surface area contributed by atoms with Gasteiger partial charge < -0.3 is 9.30 Å². The van der Waals surface area contributed by atoms with E-state index in [9.17, 15) is 0 Å².